The molecule has 1 aliphatic heterocycles. The Bertz CT molecular complexity index is 860. The number of rotatable bonds is 5. The molecule has 3 amide bonds. The second-order valence-corrected chi connectivity index (χ2v) is 6.93. The van der Waals surface area contributed by atoms with Gasteiger partial charge in [0.15, 0.2) is 0 Å². The summed E-state index contributed by atoms with van der Waals surface area (Å²) in [5.41, 5.74) is 2.94. The summed E-state index contributed by atoms with van der Waals surface area (Å²) in [6, 6.07) is 17.1. The first-order chi connectivity index (χ1) is 12.5. The van der Waals surface area contributed by atoms with Gasteiger partial charge in [0.2, 0.25) is 5.91 Å². The first-order valence-corrected chi connectivity index (χ1v) is 8.97. The van der Waals surface area contributed by atoms with E-state index in [-0.39, 0.29) is 12.5 Å². The van der Waals surface area contributed by atoms with Crippen LogP contribution in [0, 0.1) is 6.92 Å². The molecule has 0 aromatic heterocycles. The van der Waals surface area contributed by atoms with Crippen LogP contribution in [0.4, 0.5) is 4.79 Å². The zero-order chi connectivity index (χ0) is 18.5. The number of imide groups is 1. The Morgan fingerprint density at radius 1 is 1.08 bits per heavy atom. The van der Waals surface area contributed by atoms with Gasteiger partial charge in [-0.15, -0.1) is 0 Å². The summed E-state index contributed by atoms with van der Waals surface area (Å²) in [4.78, 5) is 37.9. The van der Waals surface area contributed by atoms with Crippen LogP contribution in [0.15, 0.2) is 59.5 Å². The van der Waals surface area contributed by atoms with Crippen LogP contribution in [0.5, 0.6) is 0 Å². The number of thioether (sulfide) groups is 1. The Balaban J connectivity index is 1.59. The van der Waals surface area contributed by atoms with Crippen molar-refractivity contribution >= 4 is 34.9 Å². The van der Waals surface area contributed by atoms with E-state index in [1.54, 1.807) is 6.08 Å². The average molecular weight is 366 g/mol. The third-order valence-electron chi connectivity index (χ3n) is 3.88. The van der Waals surface area contributed by atoms with E-state index in [1.165, 1.54) is 0 Å². The number of nitrogens with zero attached hydrogens (tertiary/aromatic N) is 1. The molecule has 132 valence electrons. The second-order valence-electron chi connectivity index (χ2n) is 5.94. The molecule has 0 radical (unpaired) electrons. The minimum atomic E-state index is -0.436. The molecule has 3 rings (SSSR count). The lowest BCUT2D eigenvalue weighted by Gasteiger charge is -2.12. The van der Waals surface area contributed by atoms with E-state index in [0.717, 1.165) is 33.4 Å². The summed E-state index contributed by atoms with van der Waals surface area (Å²) < 4.78 is 0. The van der Waals surface area contributed by atoms with E-state index in [0.29, 0.717) is 11.4 Å². The lowest BCUT2D eigenvalue weighted by Crippen LogP contribution is -2.39. The van der Waals surface area contributed by atoms with E-state index < -0.39 is 11.1 Å². The summed E-state index contributed by atoms with van der Waals surface area (Å²) in [7, 11) is 0. The monoisotopic (exact) mass is 366 g/mol. The zero-order valence-corrected chi connectivity index (χ0v) is 15.1. The third-order valence-corrected chi connectivity index (χ3v) is 4.79. The van der Waals surface area contributed by atoms with Gasteiger partial charge in [0.05, 0.1) is 4.91 Å². The molecule has 1 saturated heterocycles. The normalized spacial score (nSPS) is 15.6. The fourth-order valence-electron chi connectivity index (χ4n) is 2.44. The van der Waals surface area contributed by atoms with Gasteiger partial charge in [-0.3, -0.25) is 19.3 Å². The van der Waals surface area contributed by atoms with Gasteiger partial charge in [-0.1, -0.05) is 60.2 Å². The summed E-state index contributed by atoms with van der Waals surface area (Å²) in [5.74, 6) is -0.803. The topological polar surface area (TPSA) is 66.5 Å². The Hall–Kier alpha value is -2.86. The molecule has 2 aromatic carbocycles. The van der Waals surface area contributed by atoms with Crippen molar-refractivity contribution in [2.45, 2.75) is 13.5 Å². The molecule has 5 nitrogen and oxygen atoms in total. The van der Waals surface area contributed by atoms with Crippen LogP contribution < -0.4 is 5.32 Å². The highest BCUT2D eigenvalue weighted by Gasteiger charge is 2.36. The molecule has 2 aromatic rings. The lowest BCUT2D eigenvalue weighted by atomic mass is 10.1. The van der Waals surface area contributed by atoms with Gasteiger partial charge in [0.1, 0.15) is 6.54 Å². The van der Waals surface area contributed by atoms with E-state index >= 15 is 0 Å². The van der Waals surface area contributed by atoms with Crippen LogP contribution in [0.25, 0.3) is 6.08 Å². The van der Waals surface area contributed by atoms with Crippen LogP contribution in [0.1, 0.15) is 16.7 Å². The van der Waals surface area contributed by atoms with Crippen LogP contribution in [-0.2, 0) is 16.1 Å². The molecule has 1 aliphatic rings. The van der Waals surface area contributed by atoms with Crippen LogP contribution in [0.2, 0.25) is 0 Å². The molecule has 1 N–H and O–H groups in total. The molecule has 0 saturated carbocycles. The maximum Gasteiger partial charge on any atom is 0.294 e. The SMILES string of the molecule is Cc1ccc(CNC(=O)CN2C(=O)S/C(=C/c3ccccc3)C2=O)cc1. The largest absolute Gasteiger partial charge is 0.350 e. The Labute approximate surface area is 156 Å². The Morgan fingerprint density at radius 3 is 2.46 bits per heavy atom. The van der Waals surface area contributed by atoms with Crippen molar-refractivity contribution in [3.63, 3.8) is 0 Å². The molecule has 0 unspecified atom stereocenters. The molecule has 26 heavy (non-hydrogen) atoms. The number of nitrogens with one attached hydrogen (secondary N) is 1. The fraction of sp³-hybridized carbons (Fsp3) is 0.150. The number of hydrogen-bond acceptors (Lipinski definition) is 4. The molecular weight excluding hydrogens is 348 g/mol. The molecule has 6 heteroatoms. The van der Waals surface area contributed by atoms with Crippen molar-refractivity contribution < 1.29 is 14.4 Å². The number of carbonyl (C=O) groups excluding carboxylic acids is 3. The van der Waals surface area contributed by atoms with Crippen molar-refractivity contribution in [3.05, 3.63) is 76.2 Å². The Morgan fingerprint density at radius 2 is 1.77 bits per heavy atom. The van der Waals surface area contributed by atoms with Gasteiger partial charge < -0.3 is 5.32 Å². The van der Waals surface area contributed by atoms with Gasteiger partial charge in [-0.05, 0) is 35.9 Å². The first-order valence-electron chi connectivity index (χ1n) is 8.15. The van der Waals surface area contributed by atoms with Gasteiger partial charge >= 0.3 is 0 Å². The van der Waals surface area contributed by atoms with Gasteiger partial charge in [0, 0.05) is 6.54 Å². The maximum absolute atomic E-state index is 12.4. The molecule has 0 aliphatic carbocycles. The maximum atomic E-state index is 12.4. The summed E-state index contributed by atoms with van der Waals surface area (Å²) in [6.45, 7) is 2.07. The lowest BCUT2D eigenvalue weighted by molar-refractivity contribution is -0.129. The molecule has 0 bridgehead atoms. The number of hydrogen-bond donors (Lipinski definition) is 1. The van der Waals surface area contributed by atoms with Crippen LogP contribution >= 0.6 is 11.8 Å². The molecular formula is C20H18N2O3S. The predicted molar refractivity (Wildman–Crippen MR) is 102 cm³/mol. The molecule has 0 atom stereocenters. The molecule has 0 spiro atoms. The van der Waals surface area contributed by atoms with Gasteiger partial charge in [-0.2, -0.15) is 0 Å². The minimum absolute atomic E-state index is 0.275. The fourth-order valence-corrected chi connectivity index (χ4v) is 3.28. The number of carbonyl (C=O) groups is 3. The van der Waals surface area contributed by atoms with E-state index in [4.69, 9.17) is 0 Å². The number of benzene rings is 2. The minimum Gasteiger partial charge on any atom is -0.350 e. The third kappa shape index (κ3) is 4.40. The highest BCUT2D eigenvalue weighted by molar-refractivity contribution is 8.18. The van der Waals surface area contributed by atoms with Crippen molar-refractivity contribution in [1.82, 2.24) is 10.2 Å². The predicted octanol–water partition coefficient (Wildman–Crippen LogP) is 3.35. The smallest absolute Gasteiger partial charge is 0.294 e. The van der Waals surface area contributed by atoms with E-state index in [9.17, 15) is 14.4 Å². The number of aryl methyl sites for hydroxylation is 1. The van der Waals surface area contributed by atoms with E-state index in [2.05, 4.69) is 5.32 Å². The van der Waals surface area contributed by atoms with Crippen molar-refractivity contribution in [2.24, 2.45) is 0 Å². The van der Waals surface area contributed by atoms with Crippen molar-refractivity contribution in [1.29, 1.82) is 0 Å². The molecule has 1 fully saturated rings. The quantitative estimate of drug-likeness (QED) is 0.824. The highest BCUT2D eigenvalue weighted by atomic mass is 32.2. The second kappa shape index (κ2) is 8.01. The first kappa shape index (κ1) is 17.9. The zero-order valence-electron chi connectivity index (χ0n) is 14.3. The highest BCUT2D eigenvalue weighted by Crippen LogP contribution is 2.31. The summed E-state index contributed by atoms with van der Waals surface area (Å²) in [5, 5.41) is 2.31. The number of amides is 3. The standard InChI is InChI=1S/C20H18N2O3S/c1-14-7-9-16(10-8-14)12-21-18(23)13-22-19(24)17(26-20(22)25)11-15-5-3-2-4-6-15/h2-11H,12-13H2,1H3,(H,21,23)/b17-11+. The van der Waals surface area contributed by atoms with Gasteiger partial charge in [0.25, 0.3) is 11.1 Å². The van der Waals surface area contributed by atoms with Crippen LogP contribution in [0.3, 0.4) is 0 Å². The van der Waals surface area contributed by atoms with Crippen molar-refractivity contribution in [3.8, 4) is 0 Å². The van der Waals surface area contributed by atoms with E-state index in [1.807, 2.05) is 61.5 Å². The average Bonchev–Trinajstić information content (AvgIpc) is 2.89. The van der Waals surface area contributed by atoms with Crippen LogP contribution in [-0.4, -0.2) is 28.5 Å². The van der Waals surface area contributed by atoms with Crippen molar-refractivity contribution in [2.75, 3.05) is 6.54 Å². The van der Waals surface area contributed by atoms with Gasteiger partial charge in [-0.25, -0.2) is 0 Å². The molecule has 1 heterocycles. The summed E-state index contributed by atoms with van der Waals surface area (Å²) in [6.07, 6.45) is 1.66. The Kier molecular flexibility index (Phi) is 5.53. The summed E-state index contributed by atoms with van der Waals surface area (Å²) >= 11 is 0.853.